The second-order valence-electron chi connectivity index (χ2n) is 6.44. The van der Waals surface area contributed by atoms with Crippen LogP contribution in [0.4, 0.5) is 0 Å². The Balaban J connectivity index is -0.000000489. The van der Waals surface area contributed by atoms with Crippen molar-refractivity contribution in [3.05, 3.63) is 0 Å². The first-order chi connectivity index (χ1) is 12.9. The minimum Gasteiger partial charge on any atom is -0.395 e. The monoisotopic (exact) mass is 432 g/mol. The number of rotatable bonds is 18. The topological polar surface area (TPSA) is 163 Å². The summed E-state index contributed by atoms with van der Waals surface area (Å²) in [5, 5.41) is 25.5. The summed E-state index contributed by atoms with van der Waals surface area (Å²) in [6, 6.07) is 0. The summed E-state index contributed by atoms with van der Waals surface area (Å²) in [5.74, 6) is 0. The number of hydrogen-bond donors (Lipinski definition) is 5. The molecular weight excluding hydrogens is 388 g/mol. The molecule has 0 aromatic heterocycles. The van der Waals surface area contributed by atoms with Crippen LogP contribution in [-0.2, 0) is 14.6 Å². The van der Waals surface area contributed by atoms with Crippen molar-refractivity contribution in [2.24, 2.45) is 0 Å². The van der Waals surface area contributed by atoms with Crippen molar-refractivity contribution in [3.63, 3.8) is 0 Å². The number of aliphatic hydroxyl groups is 3. The zero-order valence-corrected chi connectivity index (χ0v) is 18.4. The van der Waals surface area contributed by atoms with E-state index in [1.54, 1.807) is 4.90 Å². The van der Waals surface area contributed by atoms with Crippen molar-refractivity contribution in [1.29, 1.82) is 0 Å². The molecule has 0 aliphatic rings. The van der Waals surface area contributed by atoms with E-state index in [9.17, 15) is 8.42 Å². The zero-order chi connectivity index (χ0) is 20.8. The van der Waals surface area contributed by atoms with Crippen LogP contribution in [0.3, 0.4) is 0 Å². The Bertz CT molecular complexity index is 370. The highest BCUT2D eigenvalue weighted by Gasteiger charge is 2.02. The molecule has 0 aromatic rings. The van der Waals surface area contributed by atoms with E-state index in [1.165, 1.54) is 44.9 Å². The number of aliphatic hydroxyl groups excluding tert-OH is 3. The summed E-state index contributed by atoms with van der Waals surface area (Å²) in [6.07, 6.45) is 11.9. The van der Waals surface area contributed by atoms with Gasteiger partial charge in [0.2, 0.25) is 0 Å². The first-order valence-electron chi connectivity index (χ1n) is 10.1. The summed E-state index contributed by atoms with van der Waals surface area (Å²) in [4.78, 5) is 1.79. The molecule has 0 heterocycles. The van der Waals surface area contributed by atoms with Crippen LogP contribution in [0.5, 0.6) is 0 Å². The lowest BCUT2D eigenvalue weighted by atomic mass is 10.1. The molecule has 9 nitrogen and oxygen atoms in total. The largest absolute Gasteiger partial charge is 0.397 e. The van der Waals surface area contributed by atoms with Gasteiger partial charge in [0.25, 0.3) is 0 Å². The minimum absolute atomic E-state index is 0. The van der Waals surface area contributed by atoms with Gasteiger partial charge in [0.1, 0.15) is 0 Å². The van der Waals surface area contributed by atoms with Gasteiger partial charge in [0.15, 0.2) is 0 Å². The van der Waals surface area contributed by atoms with E-state index in [0.29, 0.717) is 26.1 Å². The molecule has 0 unspecified atom stereocenters. The molecule has 0 aromatic carbocycles. The van der Waals surface area contributed by atoms with Gasteiger partial charge in [0, 0.05) is 19.6 Å². The van der Waals surface area contributed by atoms with Crippen LogP contribution in [0.2, 0.25) is 0 Å². The molecule has 0 saturated carbocycles. The molecule has 0 aliphatic heterocycles. The quantitative estimate of drug-likeness (QED) is 0.161. The lowest BCUT2D eigenvalue weighted by molar-refractivity contribution is 0.136. The summed E-state index contributed by atoms with van der Waals surface area (Å²) >= 11 is 0. The van der Waals surface area contributed by atoms with Crippen LogP contribution in [-0.4, -0.2) is 79.3 Å². The molecule has 0 amide bonds. The molecule has 0 saturated heterocycles. The number of hydrogen-bond acceptors (Lipinski definition) is 8. The van der Waals surface area contributed by atoms with Gasteiger partial charge in [-0.1, -0.05) is 64.7 Å². The fourth-order valence-corrected chi connectivity index (χ4v) is 2.84. The van der Waals surface area contributed by atoms with Crippen molar-refractivity contribution in [2.75, 3.05) is 46.1 Å². The lowest BCUT2D eigenvalue weighted by Crippen LogP contribution is -2.32. The van der Waals surface area contributed by atoms with Crippen LogP contribution >= 0.6 is 0 Å². The Morgan fingerprint density at radius 1 is 0.714 bits per heavy atom. The third-order valence-electron chi connectivity index (χ3n) is 3.98. The van der Waals surface area contributed by atoms with Gasteiger partial charge in [-0.15, -0.1) is 0 Å². The molecule has 0 atom stereocenters. The third-order valence-corrected chi connectivity index (χ3v) is 4.44. The highest BCUT2D eigenvalue weighted by Crippen LogP contribution is 2.10. The summed E-state index contributed by atoms with van der Waals surface area (Å²) in [7, 11) is -4.23. The zero-order valence-electron chi connectivity index (χ0n) is 17.6. The first kappa shape index (κ1) is 32.3. The molecular formula is C18H44N2O7S. The molecule has 10 heteroatoms. The Morgan fingerprint density at radius 3 is 1.39 bits per heavy atom. The fourth-order valence-electron chi connectivity index (χ4n) is 2.51. The minimum atomic E-state index is -4.23. The molecule has 0 aliphatic carbocycles. The lowest BCUT2D eigenvalue weighted by Gasteiger charge is -2.17. The van der Waals surface area contributed by atoms with Crippen molar-refractivity contribution >= 4 is 10.4 Å². The van der Waals surface area contributed by atoms with E-state index in [-0.39, 0.29) is 32.6 Å². The second kappa shape index (κ2) is 24.7. The van der Waals surface area contributed by atoms with E-state index in [0.717, 1.165) is 12.8 Å². The van der Waals surface area contributed by atoms with Crippen LogP contribution in [0.25, 0.3) is 0 Å². The maximum absolute atomic E-state index is 10.2. The van der Waals surface area contributed by atoms with Gasteiger partial charge in [-0.25, -0.2) is 4.18 Å². The van der Waals surface area contributed by atoms with Gasteiger partial charge in [-0.2, -0.15) is 8.42 Å². The van der Waals surface area contributed by atoms with Crippen molar-refractivity contribution in [1.82, 2.24) is 11.1 Å². The Labute approximate surface area is 171 Å². The van der Waals surface area contributed by atoms with Crippen molar-refractivity contribution < 1.29 is 32.5 Å². The second-order valence-corrected chi connectivity index (χ2v) is 7.54. The highest BCUT2D eigenvalue weighted by atomic mass is 32.3. The molecule has 0 spiro atoms. The fraction of sp³-hybridized carbons (Fsp3) is 1.00. The Hall–Kier alpha value is -0.330. The van der Waals surface area contributed by atoms with Crippen LogP contribution in [0.1, 0.15) is 71.1 Å². The maximum Gasteiger partial charge on any atom is 0.397 e. The van der Waals surface area contributed by atoms with Crippen LogP contribution < -0.4 is 6.15 Å². The van der Waals surface area contributed by atoms with Gasteiger partial charge in [-0.3, -0.25) is 9.45 Å². The van der Waals surface area contributed by atoms with E-state index < -0.39 is 10.4 Å². The molecule has 0 rings (SSSR count). The smallest absolute Gasteiger partial charge is 0.395 e. The summed E-state index contributed by atoms with van der Waals surface area (Å²) in [6.45, 7) is 4.06. The molecule has 0 bridgehead atoms. The third kappa shape index (κ3) is 30.4. The standard InChI is InChI=1S/C12H26O4S.C6H15NO3.H3N/c1-2-3-4-5-6-7-8-9-10-11-12-16-17(13,14)15;8-4-1-7(2-5-9)3-6-10;/h2-12H2,1H3,(H,13,14,15);8-10H,1-6H2;1H3. The summed E-state index contributed by atoms with van der Waals surface area (Å²) < 4.78 is 33.0. The molecule has 0 fully saturated rings. The molecule has 28 heavy (non-hydrogen) atoms. The van der Waals surface area contributed by atoms with Crippen LogP contribution in [0, 0.1) is 0 Å². The predicted molar refractivity (Wildman–Crippen MR) is 112 cm³/mol. The van der Waals surface area contributed by atoms with Gasteiger partial charge < -0.3 is 21.5 Å². The van der Waals surface area contributed by atoms with Gasteiger partial charge >= 0.3 is 10.4 Å². The summed E-state index contributed by atoms with van der Waals surface area (Å²) in [5.41, 5.74) is 0. The normalized spacial score (nSPS) is 11.1. The van der Waals surface area contributed by atoms with Crippen LogP contribution in [0.15, 0.2) is 0 Å². The number of nitrogens with zero attached hydrogens (tertiary/aromatic N) is 1. The first-order valence-corrected chi connectivity index (χ1v) is 11.4. The van der Waals surface area contributed by atoms with E-state index in [1.807, 2.05) is 0 Å². The average molecular weight is 433 g/mol. The van der Waals surface area contributed by atoms with Gasteiger partial charge in [0.05, 0.1) is 26.4 Å². The number of unbranched alkanes of at least 4 members (excludes halogenated alkanes) is 9. The van der Waals surface area contributed by atoms with E-state index in [2.05, 4.69) is 11.1 Å². The van der Waals surface area contributed by atoms with Crippen molar-refractivity contribution in [2.45, 2.75) is 71.1 Å². The molecule has 0 radical (unpaired) electrons. The van der Waals surface area contributed by atoms with E-state index >= 15 is 0 Å². The maximum atomic E-state index is 10.2. The van der Waals surface area contributed by atoms with Crippen molar-refractivity contribution in [3.8, 4) is 0 Å². The highest BCUT2D eigenvalue weighted by molar-refractivity contribution is 7.80. The molecule has 7 N–H and O–H groups in total. The van der Waals surface area contributed by atoms with Gasteiger partial charge in [-0.05, 0) is 6.42 Å². The SMILES string of the molecule is CCCCCCCCCCCCOS(=O)(=O)O.N.OCCN(CCO)CCO. The Kier molecular flexibility index (Phi) is 28.5. The predicted octanol–water partition coefficient (Wildman–Crippen LogP) is 2.15. The Morgan fingerprint density at radius 2 is 1.07 bits per heavy atom. The molecule has 174 valence electrons. The average Bonchev–Trinajstić information content (AvgIpc) is 2.60. The van der Waals surface area contributed by atoms with E-state index in [4.69, 9.17) is 19.9 Å².